The van der Waals surface area contributed by atoms with E-state index in [4.69, 9.17) is 18.5 Å². The highest BCUT2D eigenvalue weighted by atomic mass is 31.2. The Kier molecular flexibility index (Phi) is 56.2. The maximum Gasteiger partial charge on any atom is 0.472 e. The molecule has 0 aromatic carbocycles. The number of allylic oxidation sites excluding steroid dienone is 34. The van der Waals surface area contributed by atoms with Crippen LogP contribution in [0.4, 0.5) is 0 Å². The fourth-order valence-electron chi connectivity index (χ4n) is 7.14. The molecule has 0 aromatic heterocycles. The Labute approximate surface area is 500 Å². The van der Waals surface area contributed by atoms with Gasteiger partial charge < -0.3 is 18.9 Å². The van der Waals surface area contributed by atoms with Crippen LogP contribution in [0.5, 0.6) is 0 Å². The molecule has 0 saturated carbocycles. The van der Waals surface area contributed by atoms with Crippen LogP contribution in [-0.4, -0.2) is 74.9 Å². The summed E-state index contributed by atoms with van der Waals surface area (Å²) >= 11 is 0. The summed E-state index contributed by atoms with van der Waals surface area (Å²) in [7, 11) is 1.39. The normalized spacial score (nSPS) is 14.7. The van der Waals surface area contributed by atoms with Crippen LogP contribution in [0.2, 0.25) is 0 Å². The topological polar surface area (TPSA) is 108 Å². The molecule has 0 aliphatic rings. The van der Waals surface area contributed by atoms with E-state index in [0.29, 0.717) is 23.9 Å². The van der Waals surface area contributed by atoms with Crippen LogP contribution in [0.15, 0.2) is 207 Å². The second-order valence-corrected chi connectivity index (χ2v) is 22.1. The van der Waals surface area contributed by atoms with Gasteiger partial charge >= 0.3 is 19.8 Å². The van der Waals surface area contributed by atoms with Crippen molar-refractivity contribution < 1.29 is 42.1 Å². The summed E-state index contributed by atoms with van der Waals surface area (Å²) in [6, 6.07) is 0. The molecule has 0 heterocycles. The number of hydrogen-bond acceptors (Lipinski definition) is 7. The molecule has 0 bridgehead atoms. The number of carbonyl (C=O) groups excluding carboxylic acids is 2. The monoisotopic (exact) mass is 1150 g/mol. The zero-order valence-electron chi connectivity index (χ0n) is 51.6. The predicted molar refractivity (Wildman–Crippen MR) is 352 cm³/mol. The second kappa shape index (κ2) is 60.2. The number of unbranched alkanes of at least 4 members (excludes halogenated alkanes) is 5. The van der Waals surface area contributed by atoms with E-state index in [1.165, 1.54) is 0 Å². The fraction of sp³-hybridized carbons (Fsp3) is 0.500. The van der Waals surface area contributed by atoms with Crippen LogP contribution in [0.25, 0.3) is 0 Å². The molecule has 0 radical (unpaired) electrons. The van der Waals surface area contributed by atoms with Crippen LogP contribution in [0.3, 0.4) is 0 Å². The van der Waals surface area contributed by atoms with Gasteiger partial charge in [0.1, 0.15) is 19.8 Å². The molecule has 2 unspecified atom stereocenters. The van der Waals surface area contributed by atoms with E-state index in [9.17, 15) is 19.0 Å². The van der Waals surface area contributed by atoms with Gasteiger partial charge in [0.15, 0.2) is 6.10 Å². The van der Waals surface area contributed by atoms with Gasteiger partial charge in [0, 0.05) is 12.8 Å². The molecular formula is C72H111NO8P+. The highest BCUT2D eigenvalue weighted by Crippen LogP contribution is 2.43. The standard InChI is InChI=1S/C72H110NO8P/c1-6-8-10-12-14-16-18-20-22-24-26-28-30-32-33-34-35-36-37-38-39-41-43-45-47-49-51-53-55-57-59-61-63-65-72(75)81-70(69-80-82(76,77)79-67-66-73(3,4)5)68-78-71(74)64-62-60-58-56-54-52-50-48-46-44-42-40-31-29-27-25-23-21-19-17-15-13-11-9-7-2/h8-11,14-17,20-23,26-29,32-33,35-36,38-40,42-43,45-46,48-49,51-52,54-55,57,70H,6-7,12-13,18-19,24-25,30-31,34,37,41,44,47,50,53,56,58-69H2,1-5H3/p+1/b10-8-,11-9-,16-14-,17-15-,22-20-,23-21-,28-26-,29-27-,33-32-,36-35-,39-38-,42-40-,45-43-,48-46-,51-49-,54-52-,57-55-. The van der Waals surface area contributed by atoms with Crippen molar-refractivity contribution in [1.29, 1.82) is 0 Å². The Bertz CT molecular complexity index is 2130. The highest BCUT2D eigenvalue weighted by molar-refractivity contribution is 7.47. The lowest BCUT2D eigenvalue weighted by Gasteiger charge is -2.24. The van der Waals surface area contributed by atoms with Gasteiger partial charge in [-0.25, -0.2) is 4.57 Å². The number of hydrogen-bond donors (Lipinski definition) is 1. The number of ether oxygens (including phenoxy) is 2. The third kappa shape index (κ3) is 63.8. The first kappa shape index (κ1) is 76.6. The summed E-state index contributed by atoms with van der Waals surface area (Å²) in [5.74, 6) is -0.909. The van der Waals surface area contributed by atoms with Crippen LogP contribution < -0.4 is 0 Å². The number of carbonyl (C=O) groups is 2. The molecular weight excluding hydrogens is 1040 g/mol. The Balaban J connectivity index is 4.38. The third-order valence-electron chi connectivity index (χ3n) is 11.8. The van der Waals surface area contributed by atoms with Crippen LogP contribution >= 0.6 is 7.82 Å². The van der Waals surface area contributed by atoms with E-state index in [2.05, 4.69) is 220 Å². The number of nitrogens with zero attached hydrogens (tertiary/aromatic N) is 1. The maximum atomic E-state index is 12.8. The molecule has 0 amide bonds. The quantitative estimate of drug-likeness (QED) is 0.0211. The van der Waals surface area contributed by atoms with Crippen LogP contribution in [0.1, 0.15) is 181 Å². The average Bonchev–Trinajstić information content (AvgIpc) is 3.46. The summed E-state index contributed by atoms with van der Waals surface area (Å²) in [4.78, 5) is 35.7. The molecule has 2 atom stereocenters. The number of likely N-dealkylation sites (N-methyl/N-ethyl adjacent to an activating group) is 1. The molecule has 1 N–H and O–H groups in total. The molecule has 0 saturated heterocycles. The predicted octanol–water partition coefficient (Wildman–Crippen LogP) is 19.9. The lowest BCUT2D eigenvalue weighted by Crippen LogP contribution is -2.37. The summed E-state index contributed by atoms with van der Waals surface area (Å²) in [6.07, 6.45) is 96.2. The molecule has 0 fully saturated rings. The van der Waals surface area contributed by atoms with E-state index in [-0.39, 0.29) is 26.1 Å². The molecule has 82 heavy (non-hydrogen) atoms. The van der Waals surface area contributed by atoms with Crippen molar-refractivity contribution in [3.05, 3.63) is 207 Å². The van der Waals surface area contributed by atoms with Crippen molar-refractivity contribution in [3.63, 3.8) is 0 Å². The first-order valence-electron chi connectivity index (χ1n) is 30.8. The van der Waals surface area contributed by atoms with Gasteiger partial charge in [-0.05, 0) is 148 Å². The number of quaternary nitrogens is 1. The van der Waals surface area contributed by atoms with Crippen molar-refractivity contribution in [2.24, 2.45) is 0 Å². The summed E-state index contributed by atoms with van der Waals surface area (Å²) in [5.41, 5.74) is 0. The van der Waals surface area contributed by atoms with Crippen LogP contribution in [-0.2, 0) is 32.7 Å². The minimum Gasteiger partial charge on any atom is -0.462 e. The second-order valence-electron chi connectivity index (χ2n) is 20.6. The number of esters is 2. The van der Waals surface area contributed by atoms with E-state index in [1.54, 1.807) is 0 Å². The van der Waals surface area contributed by atoms with Gasteiger partial charge in [0.2, 0.25) is 0 Å². The number of rotatable bonds is 53. The lowest BCUT2D eigenvalue weighted by molar-refractivity contribution is -0.870. The van der Waals surface area contributed by atoms with Gasteiger partial charge in [-0.2, -0.15) is 0 Å². The largest absolute Gasteiger partial charge is 0.472 e. The third-order valence-corrected chi connectivity index (χ3v) is 12.8. The van der Waals surface area contributed by atoms with Gasteiger partial charge in [0.05, 0.1) is 27.7 Å². The molecule has 0 spiro atoms. The van der Waals surface area contributed by atoms with Gasteiger partial charge in [-0.1, -0.05) is 227 Å². The minimum absolute atomic E-state index is 0.00378. The van der Waals surface area contributed by atoms with Gasteiger partial charge in [0.25, 0.3) is 0 Å². The Morgan fingerprint density at radius 2 is 0.659 bits per heavy atom. The summed E-state index contributed by atoms with van der Waals surface area (Å²) in [5, 5.41) is 0. The van der Waals surface area contributed by atoms with Gasteiger partial charge in [-0.3, -0.25) is 18.6 Å². The molecule has 0 aliphatic carbocycles. The summed E-state index contributed by atoms with van der Waals surface area (Å²) < 4.78 is 34.5. The van der Waals surface area contributed by atoms with E-state index < -0.39 is 32.5 Å². The zero-order valence-corrected chi connectivity index (χ0v) is 52.5. The molecule has 9 nitrogen and oxygen atoms in total. The van der Waals surface area contributed by atoms with Gasteiger partial charge in [-0.15, -0.1) is 0 Å². The zero-order chi connectivity index (χ0) is 59.8. The average molecular weight is 1150 g/mol. The van der Waals surface area contributed by atoms with Crippen molar-refractivity contribution in [2.45, 2.75) is 187 Å². The van der Waals surface area contributed by atoms with E-state index >= 15 is 0 Å². The highest BCUT2D eigenvalue weighted by Gasteiger charge is 2.27. The lowest BCUT2D eigenvalue weighted by atomic mass is 10.1. The maximum absolute atomic E-state index is 12.8. The molecule has 456 valence electrons. The smallest absolute Gasteiger partial charge is 0.462 e. The molecule has 0 aliphatic heterocycles. The Hall–Kier alpha value is -5.41. The molecule has 0 aromatic rings. The van der Waals surface area contributed by atoms with E-state index in [1.807, 2.05) is 21.1 Å². The first-order valence-corrected chi connectivity index (χ1v) is 32.3. The molecule has 10 heteroatoms. The number of phosphoric ester groups is 1. The first-order chi connectivity index (χ1) is 40.0. The van der Waals surface area contributed by atoms with Crippen LogP contribution in [0, 0.1) is 0 Å². The summed E-state index contributed by atoms with van der Waals surface area (Å²) in [6.45, 7) is 4.07. The SMILES string of the molecule is CC/C=C\C/C=C\C/C=C\C/C=C\C/C=C\C/C=C\C/C=C\C/C=C\C/C=C\C/C=C\CCCCC(=O)OC(COC(=O)CCCCC/C=C\C/C=C\C/C=C\C/C=C\C/C=C\C/C=C\C/C=C\CC)COP(=O)(O)OCC[N+](C)(C)C. The van der Waals surface area contributed by atoms with Crippen molar-refractivity contribution in [1.82, 2.24) is 0 Å². The van der Waals surface area contributed by atoms with Crippen molar-refractivity contribution in [3.8, 4) is 0 Å². The van der Waals surface area contributed by atoms with Crippen molar-refractivity contribution in [2.75, 3.05) is 47.5 Å². The number of phosphoric acid groups is 1. The molecule has 0 rings (SSSR count). The van der Waals surface area contributed by atoms with Crippen molar-refractivity contribution >= 4 is 19.8 Å². The Morgan fingerprint density at radius 3 is 0.976 bits per heavy atom. The Morgan fingerprint density at radius 1 is 0.378 bits per heavy atom. The minimum atomic E-state index is -4.43. The van der Waals surface area contributed by atoms with E-state index in [0.717, 1.165) is 141 Å². The fourth-order valence-corrected chi connectivity index (χ4v) is 7.88.